The summed E-state index contributed by atoms with van der Waals surface area (Å²) in [6.45, 7) is 6.69. The molecule has 1 aromatic heterocycles. The molecule has 0 unspecified atom stereocenters. The van der Waals surface area contributed by atoms with E-state index in [-0.39, 0.29) is 12.8 Å². The molecule has 0 aliphatic heterocycles. The van der Waals surface area contributed by atoms with Gasteiger partial charge in [0.2, 0.25) is 0 Å². The Kier molecular flexibility index (Phi) is 3.90. The summed E-state index contributed by atoms with van der Waals surface area (Å²) in [5.74, 6) is 0.306. The average molecular weight is 245 g/mol. The summed E-state index contributed by atoms with van der Waals surface area (Å²) >= 11 is 0. The van der Waals surface area contributed by atoms with Gasteiger partial charge in [0.05, 0.1) is 17.8 Å². The Balaban J connectivity index is 2.97. The van der Waals surface area contributed by atoms with Crippen LogP contribution in [0.4, 0.5) is 0 Å². The minimum atomic E-state index is -1.19. The molecule has 1 rings (SSSR count). The fourth-order valence-electron chi connectivity index (χ4n) is 1.51. The number of hydrogen-bond acceptors (Lipinski definition) is 5. The highest BCUT2D eigenvalue weighted by molar-refractivity contribution is 5.22. The second-order valence-corrected chi connectivity index (χ2v) is 4.72. The van der Waals surface area contributed by atoms with Crippen molar-refractivity contribution >= 4 is 0 Å². The van der Waals surface area contributed by atoms with E-state index in [1.54, 1.807) is 19.9 Å². The Morgan fingerprint density at radius 1 is 1.50 bits per heavy atom. The SMILES string of the molecule is C=CCC(C#N)(C#N)Cc1cc(C(C)(C)O)on1. The number of rotatable bonds is 5. The van der Waals surface area contributed by atoms with Crippen molar-refractivity contribution < 1.29 is 9.63 Å². The van der Waals surface area contributed by atoms with Gasteiger partial charge in [-0.1, -0.05) is 11.2 Å². The molecule has 0 aliphatic carbocycles. The molecule has 0 spiro atoms. The third-order valence-corrected chi connectivity index (χ3v) is 2.57. The number of allylic oxidation sites excluding steroid dienone is 1. The lowest BCUT2D eigenvalue weighted by Crippen LogP contribution is -2.19. The molecule has 5 heteroatoms. The van der Waals surface area contributed by atoms with Crippen molar-refractivity contribution in [2.24, 2.45) is 5.41 Å². The zero-order valence-electron chi connectivity index (χ0n) is 10.5. The lowest BCUT2D eigenvalue weighted by molar-refractivity contribution is 0.0474. The molecule has 0 aromatic carbocycles. The molecular weight excluding hydrogens is 230 g/mol. The number of aromatic nitrogens is 1. The van der Waals surface area contributed by atoms with Gasteiger partial charge in [-0.15, -0.1) is 6.58 Å². The first-order valence-corrected chi connectivity index (χ1v) is 5.49. The normalized spacial score (nSPS) is 11.6. The maximum Gasteiger partial charge on any atom is 0.167 e. The zero-order valence-corrected chi connectivity index (χ0v) is 10.5. The van der Waals surface area contributed by atoms with E-state index in [4.69, 9.17) is 15.0 Å². The van der Waals surface area contributed by atoms with Crippen molar-refractivity contribution in [3.63, 3.8) is 0 Å². The average Bonchev–Trinajstić information content (AvgIpc) is 2.76. The molecule has 1 N–H and O–H groups in total. The Bertz CT molecular complexity index is 498. The molecule has 0 atom stereocenters. The van der Waals surface area contributed by atoms with Crippen LogP contribution in [0.2, 0.25) is 0 Å². The first kappa shape index (κ1) is 14.0. The van der Waals surface area contributed by atoms with Crippen molar-refractivity contribution in [2.75, 3.05) is 0 Å². The van der Waals surface area contributed by atoms with Crippen LogP contribution in [0, 0.1) is 28.1 Å². The summed E-state index contributed by atoms with van der Waals surface area (Å²) in [6, 6.07) is 5.53. The predicted octanol–water partition coefficient (Wildman–Crippen LogP) is 2.05. The minimum absolute atomic E-state index is 0.144. The Labute approximate surface area is 106 Å². The maximum absolute atomic E-state index is 9.74. The molecular formula is C13H15N3O2. The molecule has 0 amide bonds. The Morgan fingerprint density at radius 3 is 2.50 bits per heavy atom. The van der Waals surface area contributed by atoms with Crippen LogP contribution >= 0.6 is 0 Å². The van der Waals surface area contributed by atoms with Gasteiger partial charge < -0.3 is 9.63 Å². The number of nitrogens with zero attached hydrogens (tertiary/aromatic N) is 3. The van der Waals surface area contributed by atoms with Crippen LogP contribution in [-0.4, -0.2) is 10.3 Å². The van der Waals surface area contributed by atoms with E-state index in [0.29, 0.717) is 11.5 Å². The Hall–Kier alpha value is -2.11. The summed E-state index contributed by atoms with van der Waals surface area (Å²) in [6.07, 6.45) is 1.93. The lowest BCUT2D eigenvalue weighted by Gasteiger charge is -2.14. The molecule has 1 heterocycles. The number of hydrogen-bond donors (Lipinski definition) is 1. The van der Waals surface area contributed by atoms with Gasteiger partial charge in [0, 0.05) is 12.5 Å². The van der Waals surface area contributed by atoms with E-state index in [1.807, 2.05) is 12.1 Å². The van der Waals surface area contributed by atoms with Gasteiger partial charge in [-0.2, -0.15) is 10.5 Å². The first-order valence-electron chi connectivity index (χ1n) is 5.49. The molecule has 0 fully saturated rings. The second kappa shape index (κ2) is 5.03. The quantitative estimate of drug-likeness (QED) is 0.801. The Morgan fingerprint density at radius 2 is 2.11 bits per heavy atom. The zero-order chi connectivity index (χ0) is 13.8. The lowest BCUT2D eigenvalue weighted by atomic mass is 9.83. The largest absolute Gasteiger partial charge is 0.382 e. The molecule has 0 aliphatic rings. The third-order valence-electron chi connectivity index (χ3n) is 2.57. The smallest absolute Gasteiger partial charge is 0.167 e. The van der Waals surface area contributed by atoms with Crippen LogP contribution in [0.25, 0.3) is 0 Å². The summed E-state index contributed by atoms with van der Waals surface area (Å²) < 4.78 is 5.00. The minimum Gasteiger partial charge on any atom is -0.382 e. The molecule has 0 saturated carbocycles. The van der Waals surface area contributed by atoms with E-state index in [0.717, 1.165) is 0 Å². The van der Waals surface area contributed by atoms with E-state index in [9.17, 15) is 5.11 Å². The fraction of sp³-hybridized carbons (Fsp3) is 0.462. The van der Waals surface area contributed by atoms with Crippen molar-refractivity contribution in [3.8, 4) is 12.1 Å². The highest BCUT2D eigenvalue weighted by Crippen LogP contribution is 2.28. The first-order chi connectivity index (χ1) is 8.37. The molecule has 18 heavy (non-hydrogen) atoms. The second-order valence-electron chi connectivity index (χ2n) is 4.72. The topological polar surface area (TPSA) is 93.8 Å². The van der Waals surface area contributed by atoms with E-state index < -0.39 is 11.0 Å². The molecule has 0 bridgehead atoms. The van der Waals surface area contributed by atoms with Gasteiger partial charge in [-0.3, -0.25) is 0 Å². The van der Waals surface area contributed by atoms with E-state index in [1.165, 1.54) is 6.08 Å². The fourth-order valence-corrected chi connectivity index (χ4v) is 1.51. The van der Waals surface area contributed by atoms with Crippen LogP contribution in [0.3, 0.4) is 0 Å². The van der Waals surface area contributed by atoms with Crippen molar-refractivity contribution in [2.45, 2.75) is 32.3 Å². The van der Waals surface area contributed by atoms with Gasteiger partial charge in [0.25, 0.3) is 0 Å². The van der Waals surface area contributed by atoms with Gasteiger partial charge in [0.15, 0.2) is 11.2 Å². The summed E-state index contributed by atoms with van der Waals surface area (Å²) in [7, 11) is 0. The summed E-state index contributed by atoms with van der Waals surface area (Å²) in [5.41, 5.74) is -1.85. The maximum atomic E-state index is 9.74. The van der Waals surface area contributed by atoms with Gasteiger partial charge in [-0.05, 0) is 20.3 Å². The van der Waals surface area contributed by atoms with Crippen LogP contribution in [0.1, 0.15) is 31.7 Å². The number of aliphatic hydroxyl groups is 1. The predicted molar refractivity (Wildman–Crippen MR) is 63.9 cm³/mol. The summed E-state index contributed by atoms with van der Waals surface area (Å²) in [4.78, 5) is 0. The van der Waals surface area contributed by atoms with E-state index >= 15 is 0 Å². The standard InChI is InChI=1S/C13H15N3O2/c1-4-5-13(8-14,9-15)7-10-6-11(18-16-10)12(2,3)17/h4,6,17H,1,5,7H2,2-3H3. The van der Waals surface area contributed by atoms with Crippen molar-refractivity contribution in [3.05, 3.63) is 30.2 Å². The molecule has 0 radical (unpaired) electrons. The molecule has 1 aromatic rings. The highest BCUT2D eigenvalue weighted by atomic mass is 16.5. The van der Waals surface area contributed by atoms with Gasteiger partial charge in [0.1, 0.15) is 5.60 Å². The van der Waals surface area contributed by atoms with Gasteiger partial charge >= 0.3 is 0 Å². The van der Waals surface area contributed by atoms with Crippen LogP contribution in [0.5, 0.6) is 0 Å². The van der Waals surface area contributed by atoms with Crippen molar-refractivity contribution in [1.82, 2.24) is 5.16 Å². The molecule has 94 valence electrons. The molecule has 5 nitrogen and oxygen atoms in total. The molecule has 0 saturated heterocycles. The van der Waals surface area contributed by atoms with Crippen LogP contribution in [-0.2, 0) is 12.0 Å². The van der Waals surface area contributed by atoms with Crippen molar-refractivity contribution in [1.29, 1.82) is 10.5 Å². The van der Waals surface area contributed by atoms with Crippen LogP contribution < -0.4 is 0 Å². The highest BCUT2D eigenvalue weighted by Gasteiger charge is 2.31. The van der Waals surface area contributed by atoms with Crippen LogP contribution in [0.15, 0.2) is 23.2 Å². The van der Waals surface area contributed by atoms with E-state index in [2.05, 4.69) is 11.7 Å². The summed E-state index contributed by atoms with van der Waals surface area (Å²) in [5, 5.41) is 31.7. The monoisotopic (exact) mass is 245 g/mol. The van der Waals surface area contributed by atoms with Gasteiger partial charge in [-0.25, -0.2) is 0 Å². The third kappa shape index (κ3) is 2.97. The number of nitriles is 2.